The average molecular weight is 313 g/mol. The third-order valence-corrected chi connectivity index (χ3v) is 3.83. The number of benzene rings is 1. The number of nitrogens with zero attached hydrogens (tertiary/aromatic N) is 2. The summed E-state index contributed by atoms with van der Waals surface area (Å²) in [7, 11) is 0. The van der Waals surface area contributed by atoms with Crippen LogP contribution in [0.5, 0.6) is 0 Å². The molecular weight excluding hydrogens is 298 g/mol. The Morgan fingerprint density at radius 3 is 3.00 bits per heavy atom. The van der Waals surface area contributed by atoms with Crippen LogP contribution < -0.4 is 10.9 Å². The minimum absolute atomic E-state index is 0.142. The Bertz CT molecular complexity index is 805. The number of thioether (sulfide) groups is 1. The molecule has 0 saturated carbocycles. The fourth-order valence-corrected chi connectivity index (χ4v) is 2.72. The first-order valence-corrected chi connectivity index (χ1v) is 7.59. The molecule has 2 rings (SSSR count). The zero-order valence-corrected chi connectivity index (χ0v) is 12.7. The number of hydrogen-bond acceptors (Lipinski definition) is 4. The van der Waals surface area contributed by atoms with Gasteiger partial charge in [0.25, 0.3) is 5.56 Å². The molecule has 1 heterocycles. The van der Waals surface area contributed by atoms with E-state index in [1.54, 1.807) is 24.3 Å². The molecule has 6 heteroatoms. The molecular formula is C16H15N3O2S. The Morgan fingerprint density at radius 2 is 2.27 bits per heavy atom. The highest BCUT2D eigenvalue weighted by Gasteiger charge is 2.12. The van der Waals surface area contributed by atoms with Gasteiger partial charge in [-0.05, 0) is 12.1 Å². The van der Waals surface area contributed by atoms with Gasteiger partial charge in [0.15, 0.2) is 5.16 Å². The normalized spacial score (nSPS) is 10.1. The number of fused-ring (bicyclic) bond motifs is 1. The first-order valence-electron chi connectivity index (χ1n) is 6.60. The molecule has 0 aliphatic rings. The molecule has 1 N–H and O–H groups in total. The van der Waals surface area contributed by atoms with Crippen molar-refractivity contribution in [3.63, 3.8) is 0 Å². The maximum atomic E-state index is 12.5. The first kappa shape index (κ1) is 15.9. The molecule has 0 aliphatic heterocycles. The molecule has 0 fully saturated rings. The summed E-state index contributed by atoms with van der Waals surface area (Å²) < 4.78 is 1.51. The van der Waals surface area contributed by atoms with Crippen molar-refractivity contribution < 1.29 is 4.79 Å². The van der Waals surface area contributed by atoms with Gasteiger partial charge in [0.1, 0.15) is 0 Å². The minimum Gasteiger partial charge on any atom is -0.344 e. The third-order valence-electron chi connectivity index (χ3n) is 2.86. The average Bonchev–Trinajstić information content (AvgIpc) is 2.54. The van der Waals surface area contributed by atoms with Gasteiger partial charge in [0.05, 0.1) is 23.2 Å². The van der Waals surface area contributed by atoms with E-state index >= 15 is 0 Å². The molecule has 0 radical (unpaired) electrons. The van der Waals surface area contributed by atoms with Gasteiger partial charge in [-0.25, -0.2) is 4.98 Å². The standard InChI is InChI=1S/C16H15N3O2S/c1-3-9-17-14(20)11-22-16-18-13-8-6-5-7-12(13)15(21)19(16)10-4-2/h1,4-8H,2,9-11H2,(H,17,20). The van der Waals surface area contributed by atoms with Crippen molar-refractivity contribution in [1.29, 1.82) is 0 Å². The summed E-state index contributed by atoms with van der Waals surface area (Å²) in [5.74, 6) is 2.28. The number of aromatic nitrogens is 2. The largest absolute Gasteiger partial charge is 0.344 e. The van der Waals surface area contributed by atoms with E-state index in [0.717, 1.165) is 0 Å². The fourth-order valence-electron chi connectivity index (χ4n) is 1.88. The van der Waals surface area contributed by atoms with E-state index in [2.05, 4.69) is 22.8 Å². The van der Waals surface area contributed by atoms with Crippen molar-refractivity contribution in [3.05, 3.63) is 47.3 Å². The molecule has 22 heavy (non-hydrogen) atoms. The lowest BCUT2D eigenvalue weighted by molar-refractivity contribution is -0.118. The molecule has 0 bridgehead atoms. The van der Waals surface area contributed by atoms with E-state index in [4.69, 9.17) is 6.42 Å². The van der Waals surface area contributed by atoms with Gasteiger partial charge in [-0.2, -0.15) is 0 Å². The van der Waals surface area contributed by atoms with Crippen molar-refractivity contribution in [2.75, 3.05) is 12.3 Å². The molecule has 0 unspecified atom stereocenters. The summed E-state index contributed by atoms with van der Waals surface area (Å²) in [5, 5.41) is 3.61. The molecule has 0 aliphatic carbocycles. The van der Waals surface area contributed by atoms with Gasteiger partial charge in [0.2, 0.25) is 5.91 Å². The van der Waals surface area contributed by atoms with Crippen LogP contribution in [-0.4, -0.2) is 27.8 Å². The monoisotopic (exact) mass is 313 g/mol. The van der Waals surface area contributed by atoms with Crippen LogP contribution >= 0.6 is 11.8 Å². The summed E-state index contributed by atoms with van der Waals surface area (Å²) >= 11 is 1.20. The highest BCUT2D eigenvalue weighted by Crippen LogP contribution is 2.17. The van der Waals surface area contributed by atoms with Crippen LogP contribution in [0.3, 0.4) is 0 Å². The van der Waals surface area contributed by atoms with E-state index in [-0.39, 0.29) is 23.8 Å². The number of carbonyl (C=O) groups is 1. The molecule has 112 valence electrons. The molecule has 0 spiro atoms. The fraction of sp³-hybridized carbons (Fsp3) is 0.188. The van der Waals surface area contributed by atoms with Crippen LogP contribution in [0.25, 0.3) is 10.9 Å². The lowest BCUT2D eigenvalue weighted by atomic mass is 10.2. The molecule has 1 amide bonds. The predicted octanol–water partition coefficient (Wildman–Crippen LogP) is 1.42. The van der Waals surface area contributed by atoms with Gasteiger partial charge in [-0.15, -0.1) is 13.0 Å². The second kappa shape index (κ2) is 7.48. The molecule has 0 atom stereocenters. The second-order valence-electron chi connectivity index (χ2n) is 4.39. The quantitative estimate of drug-likeness (QED) is 0.379. The van der Waals surface area contributed by atoms with Gasteiger partial charge in [0, 0.05) is 6.54 Å². The van der Waals surface area contributed by atoms with Crippen LogP contribution in [0.1, 0.15) is 0 Å². The van der Waals surface area contributed by atoms with Gasteiger partial charge in [-0.3, -0.25) is 14.2 Å². The van der Waals surface area contributed by atoms with Crippen molar-refractivity contribution in [1.82, 2.24) is 14.9 Å². The smallest absolute Gasteiger partial charge is 0.262 e. The molecule has 1 aromatic heterocycles. The van der Waals surface area contributed by atoms with Gasteiger partial charge >= 0.3 is 0 Å². The minimum atomic E-state index is -0.199. The Labute approximate surface area is 132 Å². The summed E-state index contributed by atoms with van der Waals surface area (Å²) in [5.41, 5.74) is 0.469. The lowest BCUT2D eigenvalue weighted by Gasteiger charge is -2.11. The number of carbonyl (C=O) groups excluding carboxylic acids is 1. The summed E-state index contributed by atoms with van der Waals surface area (Å²) in [6.45, 7) is 4.18. The number of amides is 1. The van der Waals surface area contributed by atoms with Crippen molar-refractivity contribution in [2.24, 2.45) is 0 Å². The Balaban J connectivity index is 2.33. The van der Waals surface area contributed by atoms with Crippen molar-refractivity contribution in [2.45, 2.75) is 11.7 Å². The zero-order chi connectivity index (χ0) is 15.9. The Hall–Kier alpha value is -2.52. The van der Waals surface area contributed by atoms with E-state index < -0.39 is 0 Å². The summed E-state index contributed by atoms with van der Waals surface area (Å²) in [4.78, 5) is 28.6. The lowest BCUT2D eigenvalue weighted by Crippen LogP contribution is -2.27. The maximum absolute atomic E-state index is 12.5. The second-order valence-corrected chi connectivity index (χ2v) is 5.33. The number of para-hydroxylation sites is 1. The number of hydrogen-bond donors (Lipinski definition) is 1. The van der Waals surface area contributed by atoms with E-state index in [1.807, 2.05) is 6.07 Å². The topological polar surface area (TPSA) is 64.0 Å². The van der Waals surface area contributed by atoms with Gasteiger partial charge < -0.3 is 5.32 Å². The highest BCUT2D eigenvalue weighted by atomic mass is 32.2. The third kappa shape index (κ3) is 3.57. The van der Waals surface area contributed by atoms with E-state index in [1.165, 1.54) is 16.3 Å². The number of nitrogens with one attached hydrogen (secondary N) is 1. The SMILES string of the molecule is C#CCNC(=O)CSc1nc2ccccc2c(=O)n1CC=C. The van der Waals surface area contributed by atoms with E-state index in [0.29, 0.717) is 22.6 Å². The molecule has 5 nitrogen and oxygen atoms in total. The van der Waals surface area contributed by atoms with Crippen LogP contribution in [0.2, 0.25) is 0 Å². The molecule has 1 aromatic carbocycles. The van der Waals surface area contributed by atoms with Crippen LogP contribution in [-0.2, 0) is 11.3 Å². The number of rotatable bonds is 6. The number of terminal acetylenes is 1. The summed E-state index contributed by atoms with van der Waals surface area (Å²) in [6.07, 6.45) is 6.71. The number of allylic oxidation sites excluding steroid dienone is 1. The van der Waals surface area contributed by atoms with Crippen LogP contribution in [0, 0.1) is 12.3 Å². The summed E-state index contributed by atoms with van der Waals surface area (Å²) in [6, 6.07) is 7.13. The predicted molar refractivity (Wildman–Crippen MR) is 88.8 cm³/mol. The van der Waals surface area contributed by atoms with Crippen LogP contribution in [0.15, 0.2) is 46.9 Å². The van der Waals surface area contributed by atoms with E-state index in [9.17, 15) is 9.59 Å². The Morgan fingerprint density at radius 1 is 1.50 bits per heavy atom. The maximum Gasteiger partial charge on any atom is 0.262 e. The van der Waals surface area contributed by atoms with Gasteiger partial charge in [-0.1, -0.05) is 35.9 Å². The van der Waals surface area contributed by atoms with Crippen molar-refractivity contribution >= 4 is 28.6 Å². The first-order chi connectivity index (χ1) is 10.7. The highest BCUT2D eigenvalue weighted by molar-refractivity contribution is 7.99. The Kier molecular flexibility index (Phi) is 5.39. The van der Waals surface area contributed by atoms with Crippen LogP contribution in [0.4, 0.5) is 0 Å². The zero-order valence-electron chi connectivity index (χ0n) is 11.9. The molecule has 2 aromatic rings. The van der Waals surface area contributed by atoms with Crippen molar-refractivity contribution in [3.8, 4) is 12.3 Å². The molecule has 0 saturated heterocycles.